The lowest BCUT2D eigenvalue weighted by molar-refractivity contribution is -0.123. The van der Waals surface area contributed by atoms with Gasteiger partial charge in [0.2, 0.25) is 5.91 Å². The van der Waals surface area contributed by atoms with Crippen LogP contribution in [-0.4, -0.2) is 18.6 Å². The van der Waals surface area contributed by atoms with Crippen LogP contribution in [0.4, 0.5) is 11.4 Å². The monoisotopic (exact) mass is 250 g/mol. The maximum atomic E-state index is 11.7. The number of ether oxygens (including phenoxy) is 1. The van der Waals surface area contributed by atoms with E-state index in [4.69, 9.17) is 10.5 Å². The van der Waals surface area contributed by atoms with Gasteiger partial charge in [0.05, 0.1) is 17.5 Å². The number of benzene rings is 1. The average molecular weight is 250 g/mol. The molecule has 4 heteroatoms. The number of aryl methyl sites for hydroxylation is 1. The van der Waals surface area contributed by atoms with Crippen molar-refractivity contribution in [1.29, 1.82) is 0 Å². The van der Waals surface area contributed by atoms with Crippen molar-refractivity contribution in [1.82, 2.24) is 0 Å². The van der Waals surface area contributed by atoms with E-state index in [-0.39, 0.29) is 18.6 Å². The molecule has 0 radical (unpaired) electrons. The molecule has 100 valence electrons. The molecule has 0 fully saturated rings. The van der Waals surface area contributed by atoms with Crippen LogP contribution in [0.15, 0.2) is 18.2 Å². The van der Waals surface area contributed by atoms with Gasteiger partial charge in [-0.05, 0) is 37.5 Å². The van der Waals surface area contributed by atoms with Gasteiger partial charge in [0, 0.05) is 0 Å². The second-order valence-electron chi connectivity index (χ2n) is 4.90. The number of anilines is 2. The lowest BCUT2D eigenvalue weighted by atomic mass is 10.1. The quantitative estimate of drug-likeness (QED) is 0.789. The number of nitrogens with one attached hydrogen (secondary N) is 1. The fourth-order valence-corrected chi connectivity index (χ4v) is 1.38. The Hall–Kier alpha value is -1.55. The van der Waals surface area contributed by atoms with Crippen molar-refractivity contribution in [3.8, 4) is 0 Å². The number of amides is 1. The second-order valence-corrected chi connectivity index (χ2v) is 4.90. The van der Waals surface area contributed by atoms with E-state index < -0.39 is 0 Å². The van der Waals surface area contributed by atoms with Crippen LogP contribution < -0.4 is 11.1 Å². The van der Waals surface area contributed by atoms with Gasteiger partial charge in [0.25, 0.3) is 0 Å². The lowest BCUT2D eigenvalue weighted by Crippen LogP contribution is -2.24. The molecule has 0 spiro atoms. The summed E-state index contributed by atoms with van der Waals surface area (Å²) in [4.78, 5) is 11.7. The molecule has 1 aromatic carbocycles. The summed E-state index contributed by atoms with van der Waals surface area (Å²) < 4.78 is 5.45. The Morgan fingerprint density at radius 1 is 1.39 bits per heavy atom. The van der Waals surface area contributed by atoms with Crippen LogP contribution in [0.2, 0.25) is 0 Å². The molecule has 0 saturated carbocycles. The van der Waals surface area contributed by atoms with Crippen LogP contribution in [0.25, 0.3) is 0 Å². The van der Waals surface area contributed by atoms with Gasteiger partial charge in [0.15, 0.2) is 0 Å². The Bertz CT molecular complexity index is 416. The van der Waals surface area contributed by atoms with Crippen molar-refractivity contribution in [3.05, 3.63) is 23.8 Å². The molecule has 4 nitrogen and oxygen atoms in total. The first-order valence-corrected chi connectivity index (χ1v) is 6.17. The van der Waals surface area contributed by atoms with E-state index in [1.54, 1.807) is 6.07 Å². The number of nitrogen functional groups attached to an aromatic ring is 1. The number of carbonyl (C=O) groups is 1. The topological polar surface area (TPSA) is 64.3 Å². The van der Waals surface area contributed by atoms with E-state index in [9.17, 15) is 4.79 Å². The Labute approximate surface area is 109 Å². The smallest absolute Gasteiger partial charge is 0.250 e. The number of hydrogen-bond donors (Lipinski definition) is 2. The number of hydrogen-bond acceptors (Lipinski definition) is 3. The highest BCUT2D eigenvalue weighted by molar-refractivity contribution is 5.94. The lowest BCUT2D eigenvalue weighted by Gasteiger charge is -2.16. The Morgan fingerprint density at radius 3 is 2.61 bits per heavy atom. The molecule has 1 atom stereocenters. The highest BCUT2D eigenvalue weighted by atomic mass is 16.5. The first-order valence-electron chi connectivity index (χ1n) is 6.17. The summed E-state index contributed by atoms with van der Waals surface area (Å²) in [6.07, 6.45) is 0.0612. The molecule has 0 aliphatic carbocycles. The van der Waals surface area contributed by atoms with Crippen molar-refractivity contribution < 1.29 is 9.53 Å². The molecule has 1 aromatic rings. The minimum atomic E-state index is -0.182. The molecule has 0 aromatic heterocycles. The average Bonchev–Trinajstić information content (AvgIpc) is 2.29. The summed E-state index contributed by atoms with van der Waals surface area (Å²) in [7, 11) is 0. The highest BCUT2D eigenvalue weighted by Gasteiger charge is 2.11. The highest BCUT2D eigenvalue weighted by Crippen LogP contribution is 2.19. The van der Waals surface area contributed by atoms with Crippen LogP contribution in [0, 0.1) is 12.8 Å². The molecule has 0 heterocycles. The third-order valence-electron chi connectivity index (χ3n) is 2.90. The zero-order valence-corrected chi connectivity index (χ0v) is 11.5. The Morgan fingerprint density at radius 2 is 2.06 bits per heavy atom. The van der Waals surface area contributed by atoms with E-state index in [1.165, 1.54) is 0 Å². The van der Waals surface area contributed by atoms with Gasteiger partial charge in [-0.2, -0.15) is 0 Å². The van der Waals surface area contributed by atoms with Gasteiger partial charge in [-0.15, -0.1) is 0 Å². The molecule has 0 aliphatic heterocycles. The van der Waals surface area contributed by atoms with E-state index in [0.29, 0.717) is 17.3 Å². The van der Waals surface area contributed by atoms with Crippen LogP contribution in [0.5, 0.6) is 0 Å². The molecule has 0 bridgehead atoms. The minimum Gasteiger partial charge on any atom is -0.397 e. The number of carbonyl (C=O) groups excluding carboxylic acids is 1. The van der Waals surface area contributed by atoms with Crippen molar-refractivity contribution >= 4 is 17.3 Å². The standard InChI is InChI=1S/C14H22N2O2/c1-9(2)11(4)18-8-14(17)16-13-6-5-10(3)7-12(13)15/h5-7,9,11H,8,15H2,1-4H3,(H,16,17). The van der Waals surface area contributed by atoms with Gasteiger partial charge in [-0.3, -0.25) is 4.79 Å². The van der Waals surface area contributed by atoms with E-state index in [2.05, 4.69) is 19.2 Å². The molecule has 0 aliphatic rings. The molecular formula is C14H22N2O2. The zero-order valence-electron chi connectivity index (χ0n) is 11.5. The van der Waals surface area contributed by atoms with Gasteiger partial charge in [0.1, 0.15) is 6.61 Å². The first kappa shape index (κ1) is 14.5. The predicted octanol–water partition coefficient (Wildman–Crippen LogP) is 2.58. The predicted molar refractivity (Wildman–Crippen MR) is 74.5 cm³/mol. The summed E-state index contributed by atoms with van der Waals surface area (Å²) in [5.41, 5.74) is 8.08. The van der Waals surface area contributed by atoms with Gasteiger partial charge < -0.3 is 15.8 Å². The normalized spacial score (nSPS) is 12.5. The fourth-order valence-electron chi connectivity index (χ4n) is 1.38. The zero-order chi connectivity index (χ0) is 13.7. The number of nitrogens with two attached hydrogens (primary N) is 1. The van der Waals surface area contributed by atoms with Crippen LogP contribution >= 0.6 is 0 Å². The Kier molecular flexibility index (Phi) is 5.16. The molecule has 0 saturated heterocycles. The first-order chi connectivity index (χ1) is 8.40. The van der Waals surface area contributed by atoms with Gasteiger partial charge >= 0.3 is 0 Å². The summed E-state index contributed by atoms with van der Waals surface area (Å²) >= 11 is 0. The van der Waals surface area contributed by atoms with Crippen molar-refractivity contribution in [2.75, 3.05) is 17.7 Å². The summed E-state index contributed by atoms with van der Waals surface area (Å²) in [6.45, 7) is 8.07. The van der Waals surface area contributed by atoms with Gasteiger partial charge in [-0.1, -0.05) is 19.9 Å². The van der Waals surface area contributed by atoms with Gasteiger partial charge in [-0.25, -0.2) is 0 Å². The molecule has 1 rings (SSSR count). The minimum absolute atomic E-state index is 0.0483. The van der Waals surface area contributed by atoms with Crippen molar-refractivity contribution in [3.63, 3.8) is 0 Å². The summed E-state index contributed by atoms with van der Waals surface area (Å²) in [5, 5.41) is 2.74. The van der Waals surface area contributed by atoms with E-state index in [0.717, 1.165) is 5.56 Å². The molecule has 1 amide bonds. The maximum absolute atomic E-state index is 11.7. The third-order valence-corrected chi connectivity index (χ3v) is 2.90. The largest absolute Gasteiger partial charge is 0.397 e. The van der Waals surface area contributed by atoms with Crippen molar-refractivity contribution in [2.45, 2.75) is 33.8 Å². The summed E-state index contributed by atoms with van der Waals surface area (Å²) in [5.74, 6) is 0.209. The maximum Gasteiger partial charge on any atom is 0.250 e. The second kappa shape index (κ2) is 6.40. The van der Waals surface area contributed by atoms with E-state index >= 15 is 0 Å². The fraction of sp³-hybridized carbons (Fsp3) is 0.500. The molecular weight excluding hydrogens is 228 g/mol. The van der Waals surface area contributed by atoms with Crippen LogP contribution in [0.3, 0.4) is 0 Å². The SMILES string of the molecule is Cc1ccc(NC(=O)COC(C)C(C)C)c(N)c1. The molecule has 1 unspecified atom stereocenters. The molecule has 18 heavy (non-hydrogen) atoms. The molecule has 3 N–H and O–H groups in total. The van der Waals surface area contributed by atoms with Crippen LogP contribution in [-0.2, 0) is 9.53 Å². The van der Waals surface area contributed by atoms with Crippen LogP contribution in [0.1, 0.15) is 26.3 Å². The third kappa shape index (κ3) is 4.37. The number of rotatable bonds is 5. The summed E-state index contributed by atoms with van der Waals surface area (Å²) in [6, 6.07) is 5.53. The van der Waals surface area contributed by atoms with Crippen molar-refractivity contribution in [2.24, 2.45) is 5.92 Å². The van der Waals surface area contributed by atoms with E-state index in [1.807, 2.05) is 26.0 Å². The Balaban J connectivity index is 2.50.